The largest absolute Gasteiger partial charge is 0.314 e. The van der Waals surface area contributed by atoms with E-state index in [1.165, 1.54) is 76.8 Å². The maximum Gasteiger partial charge on any atom is 0.0546 e. The summed E-state index contributed by atoms with van der Waals surface area (Å²) >= 11 is 7.43. The van der Waals surface area contributed by atoms with Gasteiger partial charge in [0.05, 0.1) is 5.69 Å². The molecule has 2 aliphatic carbocycles. The Bertz CT molecular complexity index is 1570. The van der Waals surface area contributed by atoms with E-state index in [9.17, 15) is 0 Å². The molecule has 2 aromatic carbocycles. The predicted molar refractivity (Wildman–Crippen MR) is 214 cm³/mol. The molecule has 252 valence electrons. The smallest absolute Gasteiger partial charge is 0.0546 e. The molecule has 0 bridgehead atoms. The van der Waals surface area contributed by atoms with Gasteiger partial charge in [0.15, 0.2) is 0 Å². The molecule has 0 spiro atoms. The Morgan fingerprint density at radius 3 is 1.94 bits per heavy atom. The lowest BCUT2D eigenvalue weighted by Crippen LogP contribution is -2.24. The lowest BCUT2D eigenvalue weighted by atomic mass is 9.74. The van der Waals surface area contributed by atoms with Gasteiger partial charge in [-0.05, 0) is 114 Å². The monoisotopic (exact) mass is 757 g/mol. The lowest BCUT2D eigenvalue weighted by Gasteiger charge is -2.35. The van der Waals surface area contributed by atoms with Crippen molar-refractivity contribution in [1.29, 1.82) is 0 Å². The van der Waals surface area contributed by atoms with Crippen LogP contribution in [-0.2, 0) is 5.41 Å². The van der Waals surface area contributed by atoms with E-state index in [0.29, 0.717) is 0 Å². The van der Waals surface area contributed by atoms with Crippen molar-refractivity contribution >= 4 is 48.8 Å². The number of nitrogens with zero attached hydrogens (tertiary/aromatic N) is 1. The average Bonchev–Trinajstić information content (AvgIpc) is 3.06. The van der Waals surface area contributed by atoms with Crippen molar-refractivity contribution < 1.29 is 0 Å². The number of allylic oxidation sites excluding steroid dienone is 8. The fraction of sp³-hybridized carbons (Fsp3) is 0.500. The van der Waals surface area contributed by atoms with Crippen LogP contribution < -0.4 is 4.90 Å². The van der Waals surface area contributed by atoms with E-state index in [1.807, 2.05) is 0 Å². The van der Waals surface area contributed by atoms with Gasteiger partial charge in [-0.15, -0.1) is 0 Å². The molecule has 47 heavy (non-hydrogen) atoms. The fourth-order valence-electron chi connectivity index (χ4n) is 6.88. The number of anilines is 2. The number of rotatable bonds is 16. The standard InChI is InChI=1S/C44H57Br2N/c1-9-43(7,29-11-13-32(3)4)35-17-15-34(16-18-35)41-28-19-36(44(8,10-2)30-12-14-33(5)6)31-42(41)47(39-24-20-37(45)21-25-39)40-26-22-38(46)23-27-40/h15,17,19-22,24-26,28,31-33H,9-14,23,27,29-30H2,1-8H3. The summed E-state index contributed by atoms with van der Waals surface area (Å²) in [7, 11) is 0. The molecule has 2 atom stereocenters. The summed E-state index contributed by atoms with van der Waals surface area (Å²) < 4.78 is 2.34. The van der Waals surface area contributed by atoms with Crippen molar-refractivity contribution in [2.24, 2.45) is 17.3 Å². The summed E-state index contributed by atoms with van der Waals surface area (Å²) in [5, 5.41) is 0. The molecular weight excluding hydrogens is 702 g/mol. The van der Waals surface area contributed by atoms with Crippen LogP contribution in [-0.4, -0.2) is 0 Å². The molecule has 0 amide bonds. The number of hydrogen-bond donors (Lipinski definition) is 0. The van der Waals surface area contributed by atoms with Gasteiger partial charge in [-0.25, -0.2) is 0 Å². The molecule has 2 aromatic rings. The van der Waals surface area contributed by atoms with E-state index >= 15 is 0 Å². The van der Waals surface area contributed by atoms with Crippen molar-refractivity contribution in [3.05, 3.63) is 110 Å². The van der Waals surface area contributed by atoms with Gasteiger partial charge in [-0.3, -0.25) is 0 Å². The summed E-state index contributed by atoms with van der Waals surface area (Å²) in [5.74, 6) is 1.47. The van der Waals surface area contributed by atoms with E-state index in [1.54, 1.807) is 0 Å². The maximum atomic E-state index is 3.75. The zero-order chi connectivity index (χ0) is 34.2. The zero-order valence-corrected chi connectivity index (χ0v) is 33.5. The van der Waals surface area contributed by atoms with Gasteiger partial charge >= 0.3 is 0 Å². The summed E-state index contributed by atoms with van der Waals surface area (Å²) in [5.41, 5.74) is 16.3. The fourth-order valence-corrected chi connectivity index (χ4v) is 7.47. The van der Waals surface area contributed by atoms with Gasteiger partial charge in [0.2, 0.25) is 0 Å². The summed E-state index contributed by atoms with van der Waals surface area (Å²) in [4.78, 5) is 2.50. The van der Waals surface area contributed by atoms with Crippen molar-refractivity contribution in [2.75, 3.05) is 4.90 Å². The summed E-state index contributed by atoms with van der Waals surface area (Å²) in [6.07, 6.45) is 20.7. The molecule has 0 saturated heterocycles. The normalized spacial score (nSPS) is 17.2. The van der Waals surface area contributed by atoms with Crippen molar-refractivity contribution in [3.63, 3.8) is 0 Å². The molecule has 0 heterocycles. The van der Waals surface area contributed by atoms with Crippen LogP contribution in [0.2, 0.25) is 0 Å². The second-order valence-corrected chi connectivity index (χ2v) is 17.1. The predicted octanol–water partition coefficient (Wildman–Crippen LogP) is 14.9. The van der Waals surface area contributed by atoms with Gasteiger partial charge < -0.3 is 4.90 Å². The molecule has 2 unspecified atom stereocenters. The number of hydrogen-bond acceptors (Lipinski definition) is 1. The van der Waals surface area contributed by atoms with Crippen LogP contribution in [0.5, 0.6) is 0 Å². The highest BCUT2D eigenvalue weighted by atomic mass is 79.9. The molecule has 0 saturated carbocycles. The second kappa shape index (κ2) is 16.9. The maximum absolute atomic E-state index is 3.75. The van der Waals surface area contributed by atoms with Crippen LogP contribution in [0.4, 0.5) is 11.4 Å². The minimum absolute atomic E-state index is 0.107. The van der Waals surface area contributed by atoms with Crippen molar-refractivity contribution in [1.82, 2.24) is 0 Å². The molecule has 2 aliphatic rings. The molecule has 0 N–H and O–H groups in total. The third kappa shape index (κ3) is 9.67. The molecular formula is C44H57Br2N. The first kappa shape index (κ1) is 37.5. The SMILES string of the molecule is CCC(C)(CCCC(C)C)C1=C=C=C(c2ccc(C(C)(CC)CCCC(C)C)cc2N(C2=CC=C(Br)CC2)c2ccc(Br)cc2)C=C1. The minimum Gasteiger partial charge on any atom is -0.314 e. The highest BCUT2D eigenvalue weighted by molar-refractivity contribution is 9.11. The van der Waals surface area contributed by atoms with Crippen LogP contribution in [0.15, 0.2) is 98.5 Å². The van der Waals surface area contributed by atoms with Gasteiger partial charge in [0.1, 0.15) is 0 Å². The summed E-state index contributed by atoms with van der Waals surface area (Å²) in [6.45, 7) is 18.9. The molecule has 3 heteroatoms. The molecule has 0 radical (unpaired) electrons. The van der Waals surface area contributed by atoms with Crippen LogP contribution in [0, 0.1) is 17.3 Å². The van der Waals surface area contributed by atoms with E-state index in [4.69, 9.17) is 0 Å². The van der Waals surface area contributed by atoms with Gasteiger partial charge in [0, 0.05) is 38.0 Å². The summed E-state index contributed by atoms with van der Waals surface area (Å²) in [6, 6.07) is 16.0. The quantitative estimate of drug-likeness (QED) is 0.154. The molecule has 4 rings (SSSR count). The Morgan fingerprint density at radius 2 is 1.40 bits per heavy atom. The lowest BCUT2D eigenvalue weighted by molar-refractivity contribution is 0.333. The van der Waals surface area contributed by atoms with Gasteiger partial charge in [-0.1, -0.05) is 143 Å². The Labute approximate surface area is 304 Å². The number of halogens is 2. The van der Waals surface area contributed by atoms with Crippen LogP contribution in [0.3, 0.4) is 0 Å². The topological polar surface area (TPSA) is 3.24 Å². The van der Waals surface area contributed by atoms with Crippen LogP contribution >= 0.6 is 31.9 Å². The Balaban J connectivity index is 1.91. The zero-order valence-electron chi connectivity index (χ0n) is 30.3. The first-order valence-electron chi connectivity index (χ1n) is 18.1. The Kier molecular flexibility index (Phi) is 13.5. The van der Waals surface area contributed by atoms with Gasteiger partial charge in [-0.2, -0.15) is 0 Å². The Hall–Kier alpha value is -2.28. The molecule has 0 aliphatic heterocycles. The van der Waals surface area contributed by atoms with Crippen LogP contribution in [0.1, 0.15) is 131 Å². The van der Waals surface area contributed by atoms with E-state index < -0.39 is 0 Å². The first-order valence-corrected chi connectivity index (χ1v) is 19.7. The molecule has 0 aromatic heterocycles. The highest BCUT2D eigenvalue weighted by Gasteiger charge is 2.29. The average molecular weight is 760 g/mol. The van der Waals surface area contributed by atoms with E-state index in [0.717, 1.165) is 47.6 Å². The van der Waals surface area contributed by atoms with Crippen molar-refractivity contribution in [3.8, 4) is 0 Å². The second-order valence-electron chi connectivity index (χ2n) is 15.1. The third-order valence-electron chi connectivity index (χ3n) is 10.7. The Morgan fingerprint density at radius 1 is 0.766 bits per heavy atom. The van der Waals surface area contributed by atoms with Crippen LogP contribution in [0.25, 0.3) is 5.57 Å². The van der Waals surface area contributed by atoms with E-state index in [2.05, 4.69) is 170 Å². The third-order valence-corrected chi connectivity index (χ3v) is 11.8. The molecule has 0 fully saturated rings. The number of benzene rings is 2. The highest BCUT2D eigenvalue weighted by Crippen LogP contribution is 2.45. The van der Waals surface area contributed by atoms with Gasteiger partial charge in [0.25, 0.3) is 0 Å². The first-order chi connectivity index (χ1) is 22.4. The molecule has 1 nitrogen and oxygen atoms in total. The minimum atomic E-state index is 0.107. The van der Waals surface area contributed by atoms with E-state index in [-0.39, 0.29) is 10.8 Å². The van der Waals surface area contributed by atoms with Crippen molar-refractivity contribution in [2.45, 2.75) is 125 Å².